The number of nitrogens with two attached hydrogens (primary N) is 1. The van der Waals surface area contributed by atoms with Crippen LogP contribution in [0.2, 0.25) is 5.02 Å². The molecule has 0 fully saturated rings. The Hall–Kier alpha value is -3.82. The van der Waals surface area contributed by atoms with E-state index in [-0.39, 0.29) is 24.4 Å². The Morgan fingerprint density at radius 1 is 1.19 bits per heavy atom. The second-order valence-electron chi connectivity index (χ2n) is 7.35. The monoisotopic (exact) mass is 452 g/mol. The highest BCUT2D eigenvalue weighted by Gasteiger charge is 2.15. The maximum atomic E-state index is 13.1. The number of aryl methyl sites for hydroxylation is 1. The highest BCUT2D eigenvalue weighted by Crippen LogP contribution is 2.14. The number of nitrogens with one attached hydrogen (secondary N) is 2. The van der Waals surface area contributed by atoms with Gasteiger partial charge in [-0.2, -0.15) is 0 Å². The first-order valence-electron chi connectivity index (χ1n) is 9.77. The lowest BCUT2D eigenvalue weighted by atomic mass is 10.1. The van der Waals surface area contributed by atoms with E-state index in [1.807, 2.05) is 0 Å². The van der Waals surface area contributed by atoms with Crippen LogP contribution in [0.5, 0.6) is 0 Å². The molecule has 0 atom stereocenters. The molecule has 0 saturated heterocycles. The van der Waals surface area contributed by atoms with Crippen LogP contribution in [0.15, 0.2) is 76.1 Å². The highest BCUT2D eigenvalue weighted by molar-refractivity contribution is 6.30. The number of benzene rings is 2. The maximum Gasteiger partial charge on any atom is 0.331 e. The molecule has 2 heterocycles. The number of hydrogen-bond donors (Lipinski definition) is 3. The van der Waals surface area contributed by atoms with Crippen LogP contribution in [0.25, 0.3) is 10.9 Å². The number of amides is 1. The van der Waals surface area contributed by atoms with Crippen LogP contribution >= 0.6 is 11.6 Å². The number of carbonyl (C=O) groups excluding carboxylic acids is 1. The number of fused-ring (bicyclic) bond motifs is 1. The van der Waals surface area contributed by atoms with E-state index in [4.69, 9.17) is 17.4 Å². The van der Waals surface area contributed by atoms with E-state index in [2.05, 4.69) is 10.7 Å². The van der Waals surface area contributed by atoms with E-state index in [0.29, 0.717) is 16.1 Å². The minimum Gasteiger partial charge on any atom is -0.348 e. The topological polar surface area (TPSA) is 114 Å². The first-order chi connectivity index (χ1) is 15.3. The number of nitrogens with zero attached hydrogens (tertiary/aromatic N) is 3. The summed E-state index contributed by atoms with van der Waals surface area (Å²) in [7, 11) is 1.59. The standard InChI is InChI=1S/C22H21ClN6O3/c1-27-19-6-5-16(20(30)25-11-15-7-8-26-29(24)13-15)10-18(19)21(31)28(22(27)32)12-14-3-2-4-17(23)9-14/h2-10,13,26H,11-12,24H2,1H3,(H,25,30). The molecule has 0 bridgehead atoms. The van der Waals surface area contributed by atoms with Crippen LogP contribution in [0.4, 0.5) is 0 Å². The van der Waals surface area contributed by atoms with Gasteiger partial charge in [0.25, 0.3) is 11.5 Å². The lowest BCUT2D eigenvalue weighted by Crippen LogP contribution is -2.39. The fourth-order valence-corrected chi connectivity index (χ4v) is 3.71. The van der Waals surface area contributed by atoms with Crippen molar-refractivity contribution in [1.29, 1.82) is 0 Å². The van der Waals surface area contributed by atoms with E-state index in [0.717, 1.165) is 15.7 Å². The number of rotatable bonds is 5. The van der Waals surface area contributed by atoms with Crippen LogP contribution in [0.1, 0.15) is 15.9 Å². The molecular formula is C22H21ClN6O3. The molecule has 164 valence electrons. The predicted molar refractivity (Wildman–Crippen MR) is 123 cm³/mol. The minimum absolute atomic E-state index is 0.0720. The summed E-state index contributed by atoms with van der Waals surface area (Å²) in [6.45, 7) is 0.331. The Kier molecular flexibility index (Phi) is 5.85. The number of halogens is 1. The fourth-order valence-electron chi connectivity index (χ4n) is 3.49. The van der Waals surface area contributed by atoms with Crippen molar-refractivity contribution in [3.05, 3.63) is 104 Å². The summed E-state index contributed by atoms with van der Waals surface area (Å²) in [5.74, 6) is 5.29. The van der Waals surface area contributed by atoms with E-state index >= 15 is 0 Å². The quantitative estimate of drug-likeness (QED) is 0.501. The molecule has 4 N–H and O–H groups in total. The molecule has 1 aliphatic rings. The third-order valence-corrected chi connectivity index (χ3v) is 5.36. The zero-order valence-corrected chi connectivity index (χ0v) is 18.0. The van der Waals surface area contributed by atoms with Gasteiger partial charge in [0.15, 0.2) is 0 Å². The molecule has 0 aliphatic carbocycles. The molecule has 0 spiro atoms. The number of hydrazine groups is 2. The zero-order chi connectivity index (χ0) is 22.8. The van der Waals surface area contributed by atoms with E-state index in [1.54, 1.807) is 61.9 Å². The molecule has 10 heteroatoms. The van der Waals surface area contributed by atoms with Crippen LogP contribution in [-0.2, 0) is 13.6 Å². The molecular weight excluding hydrogens is 432 g/mol. The summed E-state index contributed by atoms with van der Waals surface area (Å²) in [5, 5.41) is 4.87. The average molecular weight is 453 g/mol. The lowest BCUT2D eigenvalue weighted by molar-refractivity contribution is 0.0957. The molecule has 0 unspecified atom stereocenters. The molecule has 1 amide bonds. The maximum absolute atomic E-state index is 13.1. The summed E-state index contributed by atoms with van der Waals surface area (Å²) in [4.78, 5) is 38.6. The molecule has 1 aromatic heterocycles. The third kappa shape index (κ3) is 4.29. The Balaban J connectivity index is 1.67. The van der Waals surface area contributed by atoms with Gasteiger partial charge in [0, 0.05) is 36.6 Å². The van der Waals surface area contributed by atoms with Gasteiger partial charge in [0.05, 0.1) is 17.4 Å². The molecule has 9 nitrogen and oxygen atoms in total. The van der Waals surface area contributed by atoms with Gasteiger partial charge in [-0.3, -0.25) is 24.1 Å². The van der Waals surface area contributed by atoms with E-state index < -0.39 is 11.2 Å². The summed E-state index contributed by atoms with van der Waals surface area (Å²) >= 11 is 6.03. The van der Waals surface area contributed by atoms with Gasteiger partial charge in [0.1, 0.15) is 0 Å². The van der Waals surface area contributed by atoms with E-state index in [1.165, 1.54) is 15.8 Å². The largest absolute Gasteiger partial charge is 0.348 e. The second kappa shape index (κ2) is 8.74. The van der Waals surface area contributed by atoms with Crippen molar-refractivity contribution in [2.75, 3.05) is 6.54 Å². The summed E-state index contributed by atoms with van der Waals surface area (Å²) in [6, 6.07) is 11.7. The Labute approximate surface area is 187 Å². The third-order valence-electron chi connectivity index (χ3n) is 5.12. The molecule has 0 saturated carbocycles. The summed E-state index contributed by atoms with van der Waals surface area (Å²) in [6.07, 6.45) is 5.08. The predicted octanol–water partition coefficient (Wildman–Crippen LogP) is 1.22. The smallest absolute Gasteiger partial charge is 0.331 e. The van der Waals surface area contributed by atoms with Crippen molar-refractivity contribution in [3.63, 3.8) is 0 Å². The number of aromatic nitrogens is 2. The first-order valence-corrected chi connectivity index (χ1v) is 10.1. The second-order valence-corrected chi connectivity index (χ2v) is 7.79. The van der Waals surface area contributed by atoms with Crippen LogP contribution < -0.4 is 27.8 Å². The molecule has 32 heavy (non-hydrogen) atoms. The van der Waals surface area contributed by atoms with E-state index in [9.17, 15) is 14.4 Å². The van der Waals surface area contributed by atoms with Crippen LogP contribution in [-0.4, -0.2) is 26.7 Å². The molecule has 1 aliphatic heterocycles. The SMILES string of the molecule is Cn1c(=O)n(Cc2cccc(Cl)c2)c(=O)c2cc(C(=O)NCC3=CN(N)NC=C3)ccc21. The minimum atomic E-state index is -0.472. The number of carbonyl (C=O) groups is 1. The van der Waals surface area contributed by atoms with Crippen molar-refractivity contribution >= 4 is 28.4 Å². The fraction of sp³-hybridized carbons (Fsp3) is 0.136. The molecule has 3 aromatic rings. The van der Waals surface area contributed by atoms with Gasteiger partial charge < -0.3 is 5.32 Å². The average Bonchev–Trinajstić information content (AvgIpc) is 2.78. The summed E-state index contributed by atoms with van der Waals surface area (Å²) < 4.78 is 2.53. The normalized spacial score (nSPS) is 13.1. The van der Waals surface area contributed by atoms with Crippen molar-refractivity contribution < 1.29 is 4.79 Å². The lowest BCUT2D eigenvalue weighted by Gasteiger charge is -2.19. The summed E-state index contributed by atoms with van der Waals surface area (Å²) in [5.41, 5.74) is 4.12. The first kappa shape index (κ1) is 21.4. The van der Waals surface area contributed by atoms with Crippen molar-refractivity contribution in [2.45, 2.75) is 6.54 Å². The van der Waals surface area contributed by atoms with Gasteiger partial charge in [0.2, 0.25) is 0 Å². The molecule has 4 rings (SSSR count). The van der Waals surface area contributed by atoms with Gasteiger partial charge >= 0.3 is 5.69 Å². The van der Waals surface area contributed by atoms with Crippen molar-refractivity contribution in [3.8, 4) is 0 Å². The molecule has 2 aromatic carbocycles. The molecule has 0 radical (unpaired) electrons. The zero-order valence-electron chi connectivity index (χ0n) is 17.2. The van der Waals surface area contributed by atoms with Gasteiger partial charge in [-0.15, -0.1) is 0 Å². The Morgan fingerprint density at radius 3 is 2.75 bits per heavy atom. The van der Waals surface area contributed by atoms with Crippen molar-refractivity contribution in [2.24, 2.45) is 12.9 Å². The van der Waals surface area contributed by atoms with Crippen LogP contribution in [0.3, 0.4) is 0 Å². The number of hydrogen-bond acceptors (Lipinski definition) is 6. The Morgan fingerprint density at radius 2 is 2.00 bits per heavy atom. The van der Waals surface area contributed by atoms with Crippen molar-refractivity contribution in [1.82, 2.24) is 25.0 Å². The Bertz CT molecular complexity index is 1390. The van der Waals surface area contributed by atoms with Crippen LogP contribution in [0, 0.1) is 0 Å². The van der Waals surface area contributed by atoms with Gasteiger partial charge in [-0.25, -0.2) is 15.8 Å². The van der Waals surface area contributed by atoms with Gasteiger partial charge in [-0.1, -0.05) is 23.7 Å². The highest BCUT2D eigenvalue weighted by atomic mass is 35.5. The van der Waals surface area contributed by atoms with Gasteiger partial charge in [-0.05, 0) is 47.5 Å².